The van der Waals surface area contributed by atoms with Gasteiger partial charge in [0.2, 0.25) is 5.91 Å². The van der Waals surface area contributed by atoms with Crippen LogP contribution in [0.15, 0.2) is 0 Å². The van der Waals surface area contributed by atoms with Crippen LogP contribution in [-0.2, 0) is 23.8 Å². The van der Waals surface area contributed by atoms with Crippen LogP contribution in [-0.4, -0.2) is 76.0 Å². The molecule has 110 valence electrons. The van der Waals surface area contributed by atoms with Crippen LogP contribution in [0.4, 0.5) is 0 Å². The first-order valence-corrected chi connectivity index (χ1v) is 6.44. The van der Waals surface area contributed by atoms with Gasteiger partial charge in [-0.1, -0.05) is 0 Å². The number of methoxy groups -OCH3 is 1. The molecule has 0 aromatic rings. The van der Waals surface area contributed by atoms with Gasteiger partial charge in [0, 0.05) is 26.7 Å². The molecule has 1 atom stereocenters. The second-order valence-corrected chi connectivity index (χ2v) is 4.10. The van der Waals surface area contributed by atoms with Gasteiger partial charge in [0.05, 0.1) is 19.8 Å². The van der Waals surface area contributed by atoms with Gasteiger partial charge in [-0.15, -0.1) is 0 Å². The van der Waals surface area contributed by atoms with Gasteiger partial charge in [-0.05, 0) is 6.92 Å². The van der Waals surface area contributed by atoms with Crippen molar-refractivity contribution in [3.8, 4) is 0 Å². The zero-order chi connectivity index (χ0) is 14.1. The quantitative estimate of drug-likeness (QED) is 0.474. The standard InChI is InChI=1S/C12H22N2O5/c1-3-19-12(16)10-8-13-4-5-14(10)11(15)9-18-7-6-17-2/h10,13H,3-9H2,1-2H3. The van der Waals surface area contributed by atoms with Gasteiger partial charge in [0.15, 0.2) is 0 Å². The molecule has 0 bridgehead atoms. The molecule has 1 unspecified atom stereocenters. The first-order chi connectivity index (χ1) is 9.20. The van der Waals surface area contributed by atoms with Gasteiger partial charge in [-0.25, -0.2) is 4.79 Å². The molecule has 1 fully saturated rings. The molecule has 0 saturated carbocycles. The number of hydrogen-bond acceptors (Lipinski definition) is 6. The summed E-state index contributed by atoms with van der Waals surface area (Å²) in [7, 11) is 1.57. The minimum Gasteiger partial charge on any atom is -0.464 e. The highest BCUT2D eigenvalue weighted by atomic mass is 16.5. The van der Waals surface area contributed by atoms with E-state index in [1.165, 1.54) is 4.90 Å². The van der Waals surface area contributed by atoms with Crippen LogP contribution in [0, 0.1) is 0 Å². The van der Waals surface area contributed by atoms with E-state index in [0.29, 0.717) is 39.5 Å². The van der Waals surface area contributed by atoms with Crippen LogP contribution in [0.2, 0.25) is 0 Å². The van der Waals surface area contributed by atoms with Crippen molar-refractivity contribution < 1.29 is 23.8 Å². The Hall–Kier alpha value is -1.18. The molecular formula is C12H22N2O5. The van der Waals surface area contributed by atoms with Crippen molar-refractivity contribution in [3.05, 3.63) is 0 Å². The second kappa shape index (κ2) is 8.84. The monoisotopic (exact) mass is 274 g/mol. The van der Waals surface area contributed by atoms with E-state index in [1.807, 2.05) is 0 Å². The smallest absolute Gasteiger partial charge is 0.330 e. The fourth-order valence-corrected chi connectivity index (χ4v) is 1.84. The molecule has 1 N–H and O–H groups in total. The molecule has 1 heterocycles. The Balaban J connectivity index is 2.46. The van der Waals surface area contributed by atoms with E-state index in [9.17, 15) is 9.59 Å². The van der Waals surface area contributed by atoms with Crippen molar-refractivity contribution in [1.82, 2.24) is 10.2 Å². The number of nitrogens with zero attached hydrogens (tertiary/aromatic N) is 1. The zero-order valence-electron chi connectivity index (χ0n) is 11.5. The average molecular weight is 274 g/mol. The molecule has 0 aromatic heterocycles. The normalized spacial score (nSPS) is 19.3. The Kier molecular flexibility index (Phi) is 7.39. The molecule has 0 aromatic carbocycles. The van der Waals surface area contributed by atoms with E-state index in [-0.39, 0.29) is 18.5 Å². The average Bonchev–Trinajstić information content (AvgIpc) is 2.43. The molecule has 7 heteroatoms. The molecule has 0 radical (unpaired) electrons. The highest BCUT2D eigenvalue weighted by molar-refractivity contribution is 5.85. The number of hydrogen-bond donors (Lipinski definition) is 1. The van der Waals surface area contributed by atoms with Crippen molar-refractivity contribution in [2.75, 3.05) is 53.2 Å². The first-order valence-electron chi connectivity index (χ1n) is 6.44. The van der Waals surface area contributed by atoms with E-state index >= 15 is 0 Å². The summed E-state index contributed by atoms with van der Waals surface area (Å²) in [4.78, 5) is 25.3. The second-order valence-electron chi connectivity index (χ2n) is 4.10. The fraction of sp³-hybridized carbons (Fsp3) is 0.833. The third-order valence-corrected chi connectivity index (χ3v) is 2.78. The number of rotatable bonds is 7. The SMILES string of the molecule is CCOC(=O)C1CNCCN1C(=O)COCCOC. The van der Waals surface area contributed by atoms with Crippen molar-refractivity contribution in [1.29, 1.82) is 0 Å². The summed E-state index contributed by atoms with van der Waals surface area (Å²) in [6.07, 6.45) is 0. The number of carbonyl (C=O) groups excluding carboxylic acids is 2. The molecule has 1 saturated heterocycles. The molecule has 1 aliphatic rings. The van der Waals surface area contributed by atoms with Crippen molar-refractivity contribution >= 4 is 11.9 Å². The van der Waals surface area contributed by atoms with E-state index in [0.717, 1.165) is 0 Å². The maximum atomic E-state index is 12.0. The first kappa shape index (κ1) is 15.9. The van der Waals surface area contributed by atoms with Gasteiger partial charge in [0.1, 0.15) is 12.6 Å². The lowest BCUT2D eigenvalue weighted by Gasteiger charge is -2.34. The lowest BCUT2D eigenvalue weighted by Crippen LogP contribution is -2.58. The van der Waals surface area contributed by atoms with E-state index < -0.39 is 6.04 Å². The van der Waals surface area contributed by atoms with E-state index in [4.69, 9.17) is 14.2 Å². The van der Waals surface area contributed by atoms with Gasteiger partial charge in [0.25, 0.3) is 0 Å². The molecule has 19 heavy (non-hydrogen) atoms. The summed E-state index contributed by atoms with van der Waals surface area (Å²) in [6.45, 7) is 4.38. The Morgan fingerprint density at radius 2 is 2.16 bits per heavy atom. The molecule has 0 aliphatic carbocycles. The van der Waals surface area contributed by atoms with Crippen LogP contribution in [0.5, 0.6) is 0 Å². The highest BCUT2D eigenvalue weighted by Crippen LogP contribution is 2.06. The fourth-order valence-electron chi connectivity index (χ4n) is 1.84. The summed E-state index contributed by atoms with van der Waals surface area (Å²) in [5, 5.41) is 3.08. The highest BCUT2D eigenvalue weighted by Gasteiger charge is 2.32. The minimum absolute atomic E-state index is 0.0424. The predicted molar refractivity (Wildman–Crippen MR) is 67.7 cm³/mol. The number of esters is 1. The molecular weight excluding hydrogens is 252 g/mol. The third-order valence-electron chi connectivity index (χ3n) is 2.78. The van der Waals surface area contributed by atoms with Crippen LogP contribution >= 0.6 is 0 Å². The van der Waals surface area contributed by atoms with E-state index in [2.05, 4.69) is 5.32 Å². The summed E-state index contributed by atoms with van der Waals surface area (Å²) in [5.41, 5.74) is 0. The van der Waals surface area contributed by atoms with Gasteiger partial charge in [-0.2, -0.15) is 0 Å². The molecule has 1 rings (SSSR count). The number of carbonyl (C=O) groups is 2. The van der Waals surface area contributed by atoms with Crippen molar-refractivity contribution in [3.63, 3.8) is 0 Å². The number of nitrogens with one attached hydrogen (secondary N) is 1. The van der Waals surface area contributed by atoms with Crippen LogP contribution in [0.1, 0.15) is 6.92 Å². The van der Waals surface area contributed by atoms with E-state index in [1.54, 1.807) is 14.0 Å². The van der Waals surface area contributed by atoms with Crippen molar-refractivity contribution in [2.24, 2.45) is 0 Å². The number of ether oxygens (including phenoxy) is 3. The Morgan fingerprint density at radius 1 is 1.37 bits per heavy atom. The lowest BCUT2D eigenvalue weighted by atomic mass is 10.2. The van der Waals surface area contributed by atoms with Gasteiger partial charge >= 0.3 is 5.97 Å². The summed E-state index contributed by atoms with van der Waals surface area (Å²) < 4.78 is 15.0. The van der Waals surface area contributed by atoms with Crippen LogP contribution in [0.3, 0.4) is 0 Å². The summed E-state index contributed by atoms with van der Waals surface area (Å²) in [5.74, 6) is -0.574. The lowest BCUT2D eigenvalue weighted by molar-refractivity contribution is -0.157. The van der Waals surface area contributed by atoms with Crippen LogP contribution < -0.4 is 5.32 Å². The zero-order valence-corrected chi connectivity index (χ0v) is 11.5. The predicted octanol–water partition coefficient (Wildman–Crippen LogP) is -0.987. The van der Waals surface area contributed by atoms with Crippen molar-refractivity contribution in [2.45, 2.75) is 13.0 Å². The van der Waals surface area contributed by atoms with Gasteiger partial charge in [-0.3, -0.25) is 4.79 Å². The maximum Gasteiger partial charge on any atom is 0.330 e. The Labute approximate surface area is 113 Å². The Bertz CT molecular complexity index is 298. The topological polar surface area (TPSA) is 77.1 Å². The van der Waals surface area contributed by atoms with Crippen LogP contribution in [0.25, 0.3) is 0 Å². The summed E-state index contributed by atoms with van der Waals surface area (Å²) in [6, 6.07) is -0.563. The molecule has 1 aliphatic heterocycles. The minimum atomic E-state index is -0.563. The maximum absolute atomic E-state index is 12.0. The molecule has 0 spiro atoms. The number of piperazine rings is 1. The largest absolute Gasteiger partial charge is 0.464 e. The Morgan fingerprint density at radius 3 is 2.84 bits per heavy atom. The van der Waals surface area contributed by atoms with Gasteiger partial charge < -0.3 is 24.4 Å². The molecule has 1 amide bonds. The molecule has 7 nitrogen and oxygen atoms in total. The third kappa shape index (κ3) is 5.14. The number of amides is 1. The summed E-state index contributed by atoms with van der Waals surface area (Å²) >= 11 is 0.